The van der Waals surface area contributed by atoms with Gasteiger partial charge in [0.15, 0.2) is 0 Å². The Morgan fingerprint density at radius 1 is 0.613 bits per heavy atom. The van der Waals surface area contributed by atoms with Crippen LogP contribution >= 0.6 is 127 Å². The molecule has 0 heterocycles. The van der Waals surface area contributed by atoms with Gasteiger partial charge in [-0.15, -0.1) is 0 Å². The van der Waals surface area contributed by atoms with Crippen LogP contribution in [0.4, 0.5) is 0 Å². The van der Waals surface area contributed by atoms with E-state index in [0.29, 0.717) is 13.2 Å². The Morgan fingerprint density at radius 3 is 1.19 bits per heavy atom. The molecule has 0 spiro atoms. The molecule has 0 bridgehead atoms. The number of hydrogen-bond donors (Lipinski definition) is 0. The topological polar surface area (TPSA) is 18.5 Å². The average molecular weight is 944 g/mol. The monoisotopic (exact) mass is 935 g/mol. The van der Waals surface area contributed by atoms with Crippen molar-refractivity contribution in [3.05, 3.63) is 59.7 Å². The van der Waals surface area contributed by atoms with Gasteiger partial charge in [-0.05, 0) is 41.8 Å². The van der Waals surface area contributed by atoms with Gasteiger partial charge in [-0.25, -0.2) is 0 Å². The van der Waals surface area contributed by atoms with Crippen LogP contribution in [0.1, 0.15) is 11.1 Å². The Morgan fingerprint density at radius 2 is 0.935 bits per heavy atom. The first-order chi connectivity index (χ1) is 14.6. The maximum atomic E-state index is 5.96. The molecule has 2 atom stereocenters. The molecule has 172 valence electrons. The predicted molar refractivity (Wildman–Crippen MR) is 161 cm³/mol. The van der Waals surface area contributed by atoms with Gasteiger partial charge in [0.25, 0.3) is 0 Å². The molecule has 31 heavy (non-hydrogen) atoms. The highest BCUT2D eigenvalue weighted by atomic mass is 79.9. The van der Waals surface area contributed by atoms with E-state index in [1.165, 1.54) is 11.1 Å². The van der Waals surface area contributed by atoms with Gasteiger partial charge in [0.1, 0.15) is 24.7 Å². The van der Waals surface area contributed by atoms with Crippen LogP contribution in [0.5, 0.6) is 11.5 Å². The Balaban J connectivity index is 1.90. The van der Waals surface area contributed by atoms with Crippen molar-refractivity contribution in [1.82, 2.24) is 0 Å². The van der Waals surface area contributed by atoms with E-state index in [1.807, 2.05) is 24.3 Å². The van der Waals surface area contributed by atoms with Crippen LogP contribution in [0.2, 0.25) is 0 Å². The van der Waals surface area contributed by atoms with Crippen molar-refractivity contribution in [2.75, 3.05) is 23.9 Å². The number of ether oxygens (including phenoxy) is 2. The molecule has 0 fully saturated rings. The maximum Gasteiger partial charge on any atom is 0.119 e. The van der Waals surface area contributed by atoms with E-state index < -0.39 is 0 Å². The maximum absolute atomic E-state index is 5.96. The number of halogens is 8. The molecule has 2 nitrogen and oxygen atoms in total. The fraction of sp³-hybridized carbons (Fsp3) is 0.429. The molecule has 10 heteroatoms. The van der Waals surface area contributed by atoms with Crippen LogP contribution in [0.15, 0.2) is 48.5 Å². The Bertz CT molecular complexity index is 733. The van der Waals surface area contributed by atoms with Gasteiger partial charge in [0.2, 0.25) is 0 Å². The third-order valence-electron chi connectivity index (χ3n) is 4.44. The molecule has 0 radical (unpaired) electrons. The van der Waals surface area contributed by atoms with Crippen LogP contribution in [-0.2, 0) is 6.42 Å². The zero-order valence-corrected chi connectivity index (χ0v) is 28.8. The molecular formula is C21H20Br8O2. The molecule has 2 unspecified atom stereocenters. The second-order valence-corrected chi connectivity index (χ2v) is 17.4. The van der Waals surface area contributed by atoms with Crippen molar-refractivity contribution in [3.63, 3.8) is 0 Å². The van der Waals surface area contributed by atoms with Crippen LogP contribution in [-0.4, -0.2) is 40.0 Å². The normalized spacial score (nSPS) is 15.5. The second-order valence-electron chi connectivity index (χ2n) is 6.98. The van der Waals surface area contributed by atoms with Crippen LogP contribution < -0.4 is 9.47 Å². The first-order valence-electron chi connectivity index (χ1n) is 9.11. The summed E-state index contributed by atoms with van der Waals surface area (Å²) in [4.78, 5) is 0. The van der Waals surface area contributed by atoms with Crippen molar-refractivity contribution in [2.24, 2.45) is 0 Å². The summed E-state index contributed by atoms with van der Waals surface area (Å²) in [6.07, 6.45) is 0.851. The Hall–Kier alpha value is 1.88. The third kappa shape index (κ3) is 9.12. The first-order valence-corrected chi connectivity index (χ1v) is 16.6. The lowest BCUT2D eigenvalue weighted by Gasteiger charge is -2.27. The number of benzene rings is 2. The molecule has 2 aromatic carbocycles. The van der Waals surface area contributed by atoms with Crippen molar-refractivity contribution < 1.29 is 9.47 Å². The van der Waals surface area contributed by atoms with Crippen LogP contribution in [0, 0.1) is 0 Å². The fourth-order valence-corrected chi connectivity index (χ4v) is 6.48. The van der Waals surface area contributed by atoms with Gasteiger partial charge >= 0.3 is 0 Å². The van der Waals surface area contributed by atoms with Gasteiger partial charge in [-0.3, -0.25) is 0 Å². The van der Waals surface area contributed by atoms with Crippen molar-refractivity contribution in [3.8, 4) is 11.5 Å². The molecule has 0 aromatic heterocycles. The number of alkyl halides is 8. The van der Waals surface area contributed by atoms with Crippen molar-refractivity contribution in [2.45, 2.75) is 22.5 Å². The molecule has 0 saturated carbocycles. The highest BCUT2D eigenvalue weighted by molar-refractivity contribution is 9.26. The molecule has 2 rings (SSSR count). The first kappa shape index (κ1) is 29.1. The van der Waals surface area contributed by atoms with Gasteiger partial charge in [0, 0.05) is 10.7 Å². The minimum atomic E-state index is -0.234. The summed E-state index contributed by atoms with van der Waals surface area (Å²) in [7, 11) is 0. The van der Waals surface area contributed by atoms with Crippen LogP contribution in [0.3, 0.4) is 0 Å². The minimum absolute atomic E-state index is 0.0869. The lowest BCUT2D eigenvalue weighted by molar-refractivity contribution is 0.293. The van der Waals surface area contributed by atoms with Gasteiger partial charge in [-0.2, -0.15) is 0 Å². The van der Waals surface area contributed by atoms with Crippen LogP contribution in [0.25, 0.3) is 0 Å². The van der Waals surface area contributed by atoms with E-state index in [-0.39, 0.29) is 16.1 Å². The lowest BCUT2D eigenvalue weighted by Crippen LogP contribution is -2.37. The van der Waals surface area contributed by atoms with E-state index in [9.17, 15) is 0 Å². The minimum Gasteiger partial charge on any atom is -0.492 e. The van der Waals surface area contributed by atoms with Crippen molar-refractivity contribution in [1.29, 1.82) is 0 Å². The molecule has 2 aromatic rings. The molecule has 0 amide bonds. The highest BCUT2D eigenvalue weighted by Crippen LogP contribution is 2.36. The Kier molecular flexibility index (Phi) is 13.0. The Labute approximate surface area is 251 Å². The SMILES string of the molecule is BrCC(Br)(COc1ccc(Cc2ccc(OCC(Br)(CBr)C(Br)Br)cc2)cc1)C(Br)Br. The number of rotatable bonds is 12. The predicted octanol–water partition coefficient (Wildman–Crippen LogP) is 9.32. The summed E-state index contributed by atoms with van der Waals surface area (Å²) in [5, 5.41) is 1.50. The summed E-state index contributed by atoms with van der Waals surface area (Å²) in [6.45, 7) is 1.05. The van der Waals surface area contributed by atoms with E-state index in [4.69, 9.17) is 9.47 Å². The molecule has 0 saturated heterocycles. The van der Waals surface area contributed by atoms with Gasteiger partial charge in [0.05, 0.1) is 16.1 Å². The van der Waals surface area contributed by atoms with E-state index in [1.54, 1.807) is 0 Å². The number of hydrogen-bond acceptors (Lipinski definition) is 2. The summed E-state index contributed by atoms with van der Waals surface area (Å²) in [6, 6.07) is 16.5. The molecule has 0 N–H and O–H groups in total. The summed E-state index contributed by atoms with van der Waals surface area (Å²) in [5.74, 6) is 1.69. The standard InChI is InChI=1S/C21H20Br8O2/c22-10-20(28,18(24)25)12-30-16-5-1-14(2-6-16)9-15-3-7-17(8-4-15)31-13-21(29,11-23)19(26)27/h1-8,18-19H,9-13H2. The highest BCUT2D eigenvalue weighted by Gasteiger charge is 2.34. The molecule has 0 aliphatic heterocycles. The quantitative estimate of drug-likeness (QED) is 0.198. The van der Waals surface area contributed by atoms with Crippen molar-refractivity contribution >= 4 is 127 Å². The zero-order chi connectivity index (χ0) is 23.1. The average Bonchev–Trinajstić information content (AvgIpc) is 2.77. The summed E-state index contributed by atoms with van der Waals surface area (Å²) < 4.78 is 11.6. The lowest BCUT2D eigenvalue weighted by atomic mass is 10.0. The van der Waals surface area contributed by atoms with Gasteiger partial charge in [-0.1, -0.05) is 152 Å². The van der Waals surface area contributed by atoms with Gasteiger partial charge < -0.3 is 9.47 Å². The van der Waals surface area contributed by atoms with E-state index in [0.717, 1.165) is 28.6 Å². The smallest absolute Gasteiger partial charge is 0.119 e. The molecule has 0 aliphatic rings. The fourth-order valence-electron chi connectivity index (χ4n) is 2.37. The third-order valence-corrected chi connectivity index (χ3v) is 15.8. The summed E-state index contributed by atoms with van der Waals surface area (Å²) >= 11 is 28.7. The van der Waals surface area contributed by atoms with E-state index >= 15 is 0 Å². The largest absolute Gasteiger partial charge is 0.492 e. The molecular weight excluding hydrogens is 923 g/mol. The van der Waals surface area contributed by atoms with E-state index in [2.05, 4.69) is 152 Å². The zero-order valence-electron chi connectivity index (χ0n) is 16.1. The molecule has 0 aliphatic carbocycles. The second kappa shape index (κ2) is 13.8. The summed E-state index contributed by atoms with van der Waals surface area (Å²) in [5.41, 5.74) is 2.45.